The van der Waals surface area contributed by atoms with Gasteiger partial charge >= 0.3 is 6.18 Å². The molecule has 0 radical (unpaired) electrons. The van der Waals surface area contributed by atoms with Crippen LogP contribution in [0.1, 0.15) is 44.6 Å². The van der Waals surface area contributed by atoms with Crippen LogP contribution >= 0.6 is 0 Å². The number of sulfonamides is 1. The van der Waals surface area contributed by atoms with Gasteiger partial charge in [-0.25, -0.2) is 13.4 Å². The Balaban J connectivity index is 2.08. The number of carbonyl (C=O) groups is 1. The third kappa shape index (κ3) is 7.58. The van der Waals surface area contributed by atoms with Gasteiger partial charge in [-0.2, -0.15) is 17.5 Å². The van der Waals surface area contributed by atoms with Crippen LogP contribution in [0.4, 0.5) is 19.0 Å². The molecule has 1 aromatic rings. The topological polar surface area (TPSA) is 117 Å². The number of hydrogen-bond donors (Lipinski definition) is 2. The molecule has 1 saturated heterocycles. The van der Waals surface area contributed by atoms with Gasteiger partial charge in [0.15, 0.2) is 0 Å². The summed E-state index contributed by atoms with van der Waals surface area (Å²) >= 11 is 0. The molecule has 1 aliphatic rings. The van der Waals surface area contributed by atoms with Crippen molar-refractivity contribution in [3.05, 3.63) is 23.9 Å². The van der Waals surface area contributed by atoms with Gasteiger partial charge in [0.05, 0.1) is 5.56 Å². The molecule has 8 nitrogen and oxygen atoms in total. The summed E-state index contributed by atoms with van der Waals surface area (Å²) in [7, 11) is -4.10. The van der Waals surface area contributed by atoms with Crippen molar-refractivity contribution in [3.8, 4) is 11.8 Å². The van der Waals surface area contributed by atoms with Crippen molar-refractivity contribution in [2.45, 2.75) is 50.8 Å². The minimum absolute atomic E-state index is 0.00378. The molecule has 184 valence electrons. The first-order chi connectivity index (χ1) is 15.4. The van der Waals surface area contributed by atoms with E-state index in [0.717, 1.165) is 35.8 Å². The molecule has 1 aliphatic heterocycles. The lowest BCUT2D eigenvalue weighted by Gasteiger charge is -2.25. The first-order valence-electron chi connectivity index (χ1n) is 10.7. The fraction of sp³-hybridized carbons (Fsp3) is 0.619. The van der Waals surface area contributed by atoms with Gasteiger partial charge in [0.2, 0.25) is 15.6 Å². The van der Waals surface area contributed by atoms with Crippen molar-refractivity contribution in [2.24, 2.45) is 5.73 Å². The van der Waals surface area contributed by atoms with E-state index in [1.807, 2.05) is 6.92 Å². The fourth-order valence-corrected chi connectivity index (χ4v) is 5.03. The summed E-state index contributed by atoms with van der Waals surface area (Å²) in [4.78, 5) is 17.3. The first-order valence-corrected chi connectivity index (χ1v) is 12.3. The largest absolute Gasteiger partial charge is 0.417 e. The predicted octanol–water partition coefficient (Wildman–Crippen LogP) is 1.74. The number of amides is 1. The second kappa shape index (κ2) is 11.2. The highest BCUT2D eigenvalue weighted by Crippen LogP contribution is 2.29. The number of nitrogens with two attached hydrogens (primary N) is 1. The van der Waals surface area contributed by atoms with Crippen LogP contribution in [0, 0.1) is 11.8 Å². The molecular formula is C21H29F3N4O4S. The first kappa shape index (κ1) is 26.9. The van der Waals surface area contributed by atoms with Crippen LogP contribution in [0.25, 0.3) is 0 Å². The van der Waals surface area contributed by atoms with Crippen LogP contribution < -0.4 is 10.6 Å². The van der Waals surface area contributed by atoms with E-state index in [9.17, 15) is 31.5 Å². The molecule has 1 atom stereocenters. The maximum Gasteiger partial charge on any atom is 0.417 e. The van der Waals surface area contributed by atoms with Crippen molar-refractivity contribution in [1.82, 2.24) is 9.29 Å². The lowest BCUT2D eigenvalue weighted by atomic mass is 10.1. The molecule has 2 heterocycles. The highest BCUT2D eigenvalue weighted by atomic mass is 32.2. The normalized spacial score (nSPS) is 17.5. The van der Waals surface area contributed by atoms with E-state index in [2.05, 4.69) is 16.8 Å². The maximum atomic E-state index is 12.9. The lowest BCUT2D eigenvalue weighted by molar-refractivity contribution is -0.137. The molecule has 1 aromatic heterocycles. The Morgan fingerprint density at radius 2 is 1.94 bits per heavy atom. The van der Waals surface area contributed by atoms with E-state index in [4.69, 9.17) is 5.73 Å². The zero-order valence-electron chi connectivity index (χ0n) is 18.4. The highest BCUT2D eigenvalue weighted by molar-refractivity contribution is 7.89. The summed E-state index contributed by atoms with van der Waals surface area (Å²) < 4.78 is 65.2. The Labute approximate surface area is 192 Å². The van der Waals surface area contributed by atoms with Gasteiger partial charge in [0.25, 0.3) is 5.91 Å². The average molecular weight is 491 g/mol. The molecule has 1 fully saturated rings. The van der Waals surface area contributed by atoms with Crippen molar-refractivity contribution in [3.63, 3.8) is 0 Å². The van der Waals surface area contributed by atoms with Gasteiger partial charge in [-0.1, -0.05) is 31.6 Å². The molecule has 1 unspecified atom stereocenters. The molecule has 0 bridgehead atoms. The van der Waals surface area contributed by atoms with Crippen molar-refractivity contribution < 1.29 is 31.5 Å². The number of halogens is 3. The Morgan fingerprint density at radius 1 is 1.21 bits per heavy atom. The predicted molar refractivity (Wildman–Crippen MR) is 117 cm³/mol. The number of primary amides is 1. The number of alkyl halides is 3. The van der Waals surface area contributed by atoms with Crippen LogP contribution in [0.15, 0.2) is 18.3 Å². The van der Waals surface area contributed by atoms with Gasteiger partial charge < -0.3 is 15.7 Å². The third-order valence-electron chi connectivity index (χ3n) is 5.25. The number of nitrogens with zero attached hydrogens (tertiary/aromatic N) is 3. The number of unbranched alkanes of at least 4 members (excludes halogenated alkanes) is 3. The lowest BCUT2D eigenvalue weighted by Crippen LogP contribution is -2.51. The summed E-state index contributed by atoms with van der Waals surface area (Å²) in [5.74, 6) is 3.07. The third-order valence-corrected chi connectivity index (χ3v) is 7.18. The number of aliphatic hydroxyl groups is 1. The second-order valence-electron chi connectivity index (χ2n) is 7.88. The molecule has 1 amide bonds. The minimum Gasteiger partial charge on any atom is -0.369 e. The average Bonchev–Trinajstić information content (AvgIpc) is 3.00. The van der Waals surface area contributed by atoms with Crippen molar-refractivity contribution >= 4 is 21.7 Å². The molecular weight excluding hydrogens is 461 g/mol. The number of rotatable bonds is 8. The molecule has 0 spiro atoms. The zero-order valence-corrected chi connectivity index (χ0v) is 19.3. The van der Waals surface area contributed by atoms with Gasteiger partial charge in [-0.3, -0.25) is 4.79 Å². The standard InChI is InChI=1S/C21H29F3N4O4S/c1-2-3-4-5-6-10-20(30,19(25)29)16-33(31,32)28-12-7-11-27(13-14-28)18-9-8-17(15-26-18)21(22,23)24/h8-9,15,30H,2-5,7,11-14,16H2,1H3,(H2,25,29). The zero-order chi connectivity index (χ0) is 24.7. The number of carbonyl (C=O) groups excluding carboxylic acids is 1. The number of pyridine rings is 1. The Morgan fingerprint density at radius 3 is 2.52 bits per heavy atom. The van der Waals surface area contributed by atoms with Gasteiger partial charge in [-0.15, -0.1) is 0 Å². The molecule has 12 heteroatoms. The molecule has 0 aromatic carbocycles. The smallest absolute Gasteiger partial charge is 0.369 e. The second-order valence-corrected chi connectivity index (χ2v) is 9.85. The minimum atomic E-state index is -4.49. The molecule has 33 heavy (non-hydrogen) atoms. The van der Waals surface area contributed by atoms with E-state index in [0.29, 0.717) is 25.2 Å². The highest BCUT2D eigenvalue weighted by Gasteiger charge is 2.40. The van der Waals surface area contributed by atoms with E-state index in [-0.39, 0.29) is 19.6 Å². The van der Waals surface area contributed by atoms with Crippen molar-refractivity contribution in [2.75, 3.05) is 36.8 Å². The molecule has 0 saturated carbocycles. The van der Waals surface area contributed by atoms with E-state index >= 15 is 0 Å². The monoisotopic (exact) mass is 490 g/mol. The number of hydrogen-bond acceptors (Lipinski definition) is 6. The van der Waals surface area contributed by atoms with Crippen LogP contribution in [0.5, 0.6) is 0 Å². The quantitative estimate of drug-likeness (QED) is 0.424. The Hall–Kier alpha value is -2.36. The Kier molecular flexibility index (Phi) is 9.11. The van der Waals surface area contributed by atoms with Gasteiger partial charge in [-0.05, 0) is 25.0 Å². The van der Waals surface area contributed by atoms with E-state index in [1.165, 1.54) is 6.07 Å². The summed E-state index contributed by atoms with van der Waals surface area (Å²) in [6, 6.07) is 2.17. The maximum absolute atomic E-state index is 12.9. The Bertz CT molecular complexity index is 974. The van der Waals surface area contributed by atoms with Gasteiger partial charge in [0.1, 0.15) is 11.6 Å². The van der Waals surface area contributed by atoms with Crippen LogP contribution in [0.3, 0.4) is 0 Å². The van der Waals surface area contributed by atoms with Crippen LogP contribution in [0.2, 0.25) is 0 Å². The summed E-state index contributed by atoms with van der Waals surface area (Å²) in [6.45, 7) is 2.68. The summed E-state index contributed by atoms with van der Waals surface area (Å²) in [5.41, 5.74) is 1.87. The van der Waals surface area contributed by atoms with E-state index < -0.39 is 39.0 Å². The van der Waals surface area contributed by atoms with Crippen LogP contribution in [-0.4, -0.2) is 66.3 Å². The number of anilines is 1. The molecule has 3 N–H and O–H groups in total. The molecule has 2 rings (SSSR count). The fourth-order valence-electron chi connectivity index (χ4n) is 3.34. The van der Waals surface area contributed by atoms with E-state index in [1.54, 1.807) is 4.90 Å². The number of aromatic nitrogens is 1. The van der Waals surface area contributed by atoms with Gasteiger partial charge in [0, 0.05) is 38.8 Å². The van der Waals surface area contributed by atoms with Crippen molar-refractivity contribution in [1.29, 1.82) is 0 Å². The molecule has 0 aliphatic carbocycles. The SMILES string of the molecule is CCCCCC#CC(O)(CS(=O)(=O)N1CCCN(c2ccc(C(F)(F)F)cn2)CC1)C(N)=O. The summed E-state index contributed by atoms with van der Waals surface area (Å²) in [6.07, 6.45) is -0.344. The van der Waals surface area contributed by atoms with Crippen LogP contribution in [-0.2, 0) is 21.0 Å². The summed E-state index contributed by atoms with van der Waals surface area (Å²) in [5, 5.41) is 10.5.